The lowest BCUT2D eigenvalue weighted by molar-refractivity contribution is 0.723. The number of hydrogen-bond donors (Lipinski definition) is 1. The second kappa shape index (κ2) is 6.81. The third-order valence-electron chi connectivity index (χ3n) is 4.56. The Labute approximate surface area is 148 Å². The number of anilines is 1. The van der Waals surface area contributed by atoms with Crippen LogP contribution in [0.15, 0.2) is 78.9 Å². The first kappa shape index (κ1) is 15.5. The van der Waals surface area contributed by atoms with Gasteiger partial charge in [-0.2, -0.15) is 0 Å². The molecule has 0 saturated carbocycles. The van der Waals surface area contributed by atoms with Gasteiger partial charge in [-0.15, -0.1) is 0 Å². The Morgan fingerprint density at radius 3 is 2.40 bits per heavy atom. The highest BCUT2D eigenvalue weighted by atomic mass is 15.1. The summed E-state index contributed by atoms with van der Waals surface area (Å²) in [5.74, 6) is 1.02. The van der Waals surface area contributed by atoms with Crippen LogP contribution in [0, 0.1) is 0 Å². The molecule has 0 aliphatic rings. The minimum absolute atomic E-state index is 0.901. The topological polar surface area (TPSA) is 29.9 Å². The SMILES string of the molecule is CNc1ccccc1-c1nc2ccccc2n1CCc1ccccc1. The van der Waals surface area contributed by atoms with Crippen LogP contribution in [-0.4, -0.2) is 16.6 Å². The number of fused-ring (bicyclic) bond motifs is 1. The minimum atomic E-state index is 0.901. The Morgan fingerprint density at radius 1 is 0.840 bits per heavy atom. The van der Waals surface area contributed by atoms with E-state index >= 15 is 0 Å². The maximum atomic E-state index is 4.93. The van der Waals surface area contributed by atoms with Gasteiger partial charge in [-0.1, -0.05) is 54.6 Å². The molecule has 25 heavy (non-hydrogen) atoms. The molecule has 0 radical (unpaired) electrons. The molecule has 124 valence electrons. The quantitative estimate of drug-likeness (QED) is 0.560. The van der Waals surface area contributed by atoms with E-state index in [1.54, 1.807) is 0 Å². The molecular formula is C22H21N3. The average molecular weight is 327 g/mol. The zero-order chi connectivity index (χ0) is 17.1. The highest BCUT2D eigenvalue weighted by molar-refractivity contribution is 5.84. The van der Waals surface area contributed by atoms with Gasteiger partial charge in [0, 0.05) is 24.8 Å². The van der Waals surface area contributed by atoms with Crippen LogP contribution >= 0.6 is 0 Å². The summed E-state index contributed by atoms with van der Waals surface area (Å²) >= 11 is 0. The van der Waals surface area contributed by atoms with Crippen LogP contribution in [0.5, 0.6) is 0 Å². The first-order valence-electron chi connectivity index (χ1n) is 8.63. The lowest BCUT2D eigenvalue weighted by Gasteiger charge is -2.12. The largest absolute Gasteiger partial charge is 0.388 e. The van der Waals surface area contributed by atoms with Crippen molar-refractivity contribution in [1.29, 1.82) is 0 Å². The third kappa shape index (κ3) is 3.01. The molecule has 3 heteroatoms. The highest BCUT2D eigenvalue weighted by Crippen LogP contribution is 2.30. The fraction of sp³-hybridized carbons (Fsp3) is 0.136. The van der Waals surface area contributed by atoms with E-state index in [4.69, 9.17) is 4.98 Å². The third-order valence-corrected chi connectivity index (χ3v) is 4.56. The lowest BCUT2D eigenvalue weighted by Crippen LogP contribution is -2.05. The molecule has 0 aliphatic carbocycles. The predicted molar refractivity (Wildman–Crippen MR) is 105 cm³/mol. The molecule has 3 nitrogen and oxygen atoms in total. The van der Waals surface area contributed by atoms with Gasteiger partial charge in [-0.05, 0) is 36.2 Å². The number of aryl methyl sites for hydroxylation is 2. The maximum absolute atomic E-state index is 4.93. The standard InChI is InChI=1S/C22H21N3/c1-23-19-12-6-5-11-18(19)22-24-20-13-7-8-14-21(20)25(22)16-15-17-9-3-2-4-10-17/h2-14,23H,15-16H2,1H3. The number of aromatic nitrogens is 2. The van der Waals surface area contributed by atoms with Crippen molar-refractivity contribution in [3.05, 3.63) is 84.4 Å². The fourth-order valence-electron chi connectivity index (χ4n) is 3.29. The second-order valence-corrected chi connectivity index (χ2v) is 6.11. The number of rotatable bonds is 5. The van der Waals surface area contributed by atoms with E-state index in [2.05, 4.69) is 76.6 Å². The van der Waals surface area contributed by atoms with Crippen molar-refractivity contribution in [2.24, 2.45) is 0 Å². The van der Waals surface area contributed by atoms with E-state index in [0.29, 0.717) is 0 Å². The van der Waals surface area contributed by atoms with Crippen LogP contribution in [0.3, 0.4) is 0 Å². The lowest BCUT2D eigenvalue weighted by atomic mass is 10.1. The van der Waals surface area contributed by atoms with Crippen LogP contribution in [0.2, 0.25) is 0 Å². The van der Waals surface area contributed by atoms with Crippen molar-refractivity contribution in [2.75, 3.05) is 12.4 Å². The van der Waals surface area contributed by atoms with E-state index in [1.807, 2.05) is 19.2 Å². The van der Waals surface area contributed by atoms with E-state index < -0.39 is 0 Å². The van der Waals surface area contributed by atoms with Gasteiger partial charge >= 0.3 is 0 Å². The smallest absolute Gasteiger partial charge is 0.143 e. The Balaban J connectivity index is 1.81. The minimum Gasteiger partial charge on any atom is -0.388 e. The van der Waals surface area contributed by atoms with E-state index in [1.165, 1.54) is 11.1 Å². The Morgan fingerprint density at radius 2 is 1.56 bits per heavy atom. The molecule has 1 aromatic heterocycles. The summed E-state index contributed by atoms with van der Waals surface area (Å²) in [4.78, 5) is 4.93. The van der Waals surface area contributed by atoms with Crippen molar-refractivity contribution in [2.45, 2.75) is 13.0 Å². The zero-order valence-electron chi connectivity index (χ0n) is 14.3. The molecule has 4 rings (SSSR count). The Bertz CT molecular complexity index is 987. The van der Waals surface area contributed by atoms with Crippen molar-refractivity contribution in [1.82, 2.24) is 9.55 Å². The summed E-state index contributed by atoms with van der Waals surface area (Å²) in [7, 11) is 1.95. The first-order valence-corrected chi connectivity index (χ1v) is 8.63. The fourth-order valence-corrected chi connectivity index (χ4v) is 3.29. The summed E-state index contributed by atoms with van der Waals surface area (Å²) in [6, 6.07) is 27.3. The van der Waals surface area contributed by atoms with Crippen LogP contribution in [0.1, 0.15) is 5.56 Å². The van der Waals surface area contributed by atoms with Gasteiger partial charge < -0.3 is 9.88 Å². The van der Waals surface area contributed by atoms with Crippen molar-refractivity contribution >= 4 is 16.7 Å². The summed E-state index contributed by atoms with van der Waals surface area (Å²) in [6.45, 7) is 0.901. The molecule has 1 N–H and O–H groups in total. The van der Waals surface area contributed by atoms with Gasteiger partial charge in [0.15, 0.2) is 0 Å². The molecule has 4 aromatic rings. The first-order chi connectivity index (χ1) is 12.4. The Hall–Kier alpha value is -3.07. The number of benzene rings is 3. The number of imidazole rings is 1. The summed E-state index contributed by atoms with van der Waals surface area (Å²) < 4.78 is 2.33. The van der Waals surface area contributed by atoms with Crippen molar-refractivity contribution < 1.29 is 0 Å². The van der Waals surface area contributed by atoms with Gasteiger partial charge in [-0.25, -0.2) is 4.98 Å². The molecule has 0 aliphatic heterocycles. The van der Waals surface area contributed by atoms with Gasteiger partial charge in [0.05, 0.1) is 11.0 Å². The van der Waals surface area contributed by atoms with E-state index in [0.717, 1.165) is 35.6 Å². The maximum Gasteiger partial charge on any atom is 0.143 e. The van der Waals surface area contributed by atoms with Crippen molar-refractivity contribution in [3.8, 4) is 11.4 Å². The van der Waals surface area contributed by atoms with Gasteiger partial charge in [-0.3, -0.25) is 0 Å². The van der Waals surface area contributed by atoms with Crippen molar-refractivity contribution in [3.63, 3.8) is 0 Å². The molecule has 0 spiro atoms. The molecule has 1 heterocycles. The predicted octanol–water partition coefficient (Wildman–Crippen LogP) is 4.99. The van der Waals surface area contributed by atoms with Gasteiger partial charge in [0.25, 0.3) is 0 Å². The summed E-state index contributed by atoms with van der Waals surface area (Å²) in [6.07, 6.45) is 0.982. The molecular weight excluding hydrogens is 306 g/mol. The second-order valence-electron chi connectivity index (χ2n) is 6.11. The monoisotopic (exact) mass is 327 g/mol. The van der Waals surface area contributed by atoms with Crippen LogP contribution < -0.4 is 5.32 Å². The van der Waals surface area contributed by atoms with Crippen LogP contribution in [0.25, 0.3) is 22.4 Å². The van der Waals surface area contributed by atoms with E-state index in [9.17, 15) is 0 Å². The summed E-state index contributed by atoms with van der Waals surface area (Å²) in [5, 5.41) is 3.29. The molecule has 0 fully saturated rings. The van der Waals surface area contributed by atoms with Crippen LogP contribution in [-0.2, 0) is 13.0 Å². The van der Waals surface area contributed by atoms with Crippen LogP contribution in [0.4, 0.5) is 5.69 Å². The zero-order valence-corrected chi connectivity index (χ0v) is 14.3. The molecule has 0 atom stereocenters. The highest BCUT2D eigenvalue weighted by Gasteiger charge is 2.14. The Kier molecular flexibility index (Phi) is 4.21. The molecule has 0 bridgehead atoms. The number of nitrogens with one attached hydrogen (secondary N) is 1. The number of para-hydroxylation sites is 3. The normalized spacial score (nSPS) is 10.9. The van der Waals surface area contributed by atoms with E-state index in [-0.39, 0.29) is 0 Å². The molecule has 0 unspecified atom stereocenters. The molecule has 0 saturated heterocycles. The number of hydrogen-bond acceptors (Lipinski definition) is 2. The average Bonchev–Trinajstić information content (AvgIpc) is 3.05. The number of nitrogens with zero attached hydrogens (tertiary/aromatic N) is 2. The van der Waals surface area contributed by atoms with Gasteiger partial charge in [0.2, 0.25) is 0 Å². The molecule has 3 aromatic carbocycles. The van der Waals surface area contributed by atoms with Gasteiger partial charge in [0.1, 0.15) is 5.82 Å². The summed E-state index contributed by atoms with van der Waals surface area (Å²) in [5.41, 5.74) is 5.79. The molecule has 0 amide bonds.